The van der Waals surface area contributed by atoms with Gasteiger partial charge in [0.1, 0.15) is 12.4 Å². The predicted octanol–water partition coefficient (Wildman–Crippen LogP) is 5.59. The number of ether oxygens (including phenoxy) is 1. The van der Waals surface area contributed by atoms with Gasteiger partial charge in [0.15, 0.2) is 16.4 Å². The molecule has 0 radical (unpaired) electrons. The molecule has 0 unspecified atom stereocenters. The van der Waals surface area contributed by atoms with Gasteiger partial charge in [0.2, 0.25) is 0 Å². The number of pyridine rings is 1. The van der Waals surface area contributed by atoms with Gasteiger partial charge in [-0.05, 0) is 62.6 Å². The molecule has 0 fully saturated rings. The molecule has 2 aromatic carbocycles. The largest absolute Gasteiger partial charge is 0.486 e. The average Bonchev–Trinajstić information content (AvgIpc) is 3.17. The van der Waals surface area contributed by atoms with Crippen LogP contribution in [0.3, 0.4) is 0 Å². The number of hydrogen-bond donors (Lipinski definition) is 1. The van der Waals surface area contributed by atoms with Gasteiger partial charge in [-0.2, -0.15) is 0 Å². The van der Waals surface area contributed by atoms with E-state index in [0.29, 0.717) is 17.4 Å². The van der Waals surface area contributed by atoms with E-state index in [1.54, 1.807) is 17.8 Å². The Hall–Kier alpha value is -2.77. The third kappa shape index (κ3) is 4.54. The fourth-order valence-corrected chi connectivity index (χ4v) is 4.69. The van der Waals surface area contributed by atoms with Gasteiger partial charge in [-0.15, -0.1) is 10.2 Å². The standard InChI is InChI=1S/C24H25ClN4O2S/c1-5-29-21(12-31-18-8-9-19(25)16(4)10-18)27-28-24(29)32-13-17-11-20(30)22-14(2)6-7-15(3)23(22)26-17/h6-11H,5,12-13H2,1-4H3,(H,26,30). The lowest BCUT2D eigenvalue weighted by molar-refractivity contribution is 0.288. The number of aromatic nitrogens is 4. The molecule has 4 aromatic rings. The van der Waals surface area contributed by atoms with Gasteiger partial charge in [-0.1, -0.05) is 35.5 Å². The number of aromatic amines is 1. The molecule has 0 saturated heterocycles. The van der Waals surface area contributed by atoms with Crippen LogP contribution in [-0.2, 0) is 18.9 Å². The molecule has 0 saturated carbocycles. The van der Waals surface area contributed by atoms with Crippen molar-refractivity contribution in [1.82, 2.24) is 19.7 Å². The first-order valence-electron chi connectivity index (χ1n) is 10.4. The smallest absolute Gasteiger partial charge is 0.191 e. The van der Waals surface area contributed by atoms with Crippen LogP contribution in [0.4, 0.5) is 0 Å². The van der Waals surface area contributed by atoms with Gasteiger partial charge >= 0.3 is 0 Å². The molecule has 4 rings (SSSR count). The number of thioether (sulfide) groups is 1. The molecule has 2 aromatic heterocycles. The predicted molar refractivity (Wildman–Crippen MR) is 130 cm³/mol. The van der Waals surface area contributed by atoms with Gasteiger partial charge in [0, 0.05) is 34.5 Å². The van der Waals surface area contributed by atoms with Crippen LogP contribution in [0, 0.1) is 20.8 Å². The molecule has 0 spiro atoms. The number of rotatable bonds is 7. The number of fused-ring (bicyclic) bond motifs is 1. The van der Waals surface area contributed by atoms with Crippen molar-refractivity contribution in [2.45, 2.75) is 51.8 Å². The van der Waals surface area contributed by atoms with Crippen LogP contribution >= 0.6 is 23.4 Å². The van der Waals surface area contributed by atoms with Crippen molar-refractivity contribution in [3.63, 3.8) is 0 Å². The lowest BCUT2D eigenvalue weighted by Gasteiger charge is -2.10. The SMILES string of the molecule is CCn1c(COc2ccc(Cl)c(C)c2)nnc1SCc1cc(=O)c2c(C)ccc(C)c2[nH]1. The van der Waals surface area contributed by atoms with Crippen LogP contribution < -0.4 is 10.2 Å². The fraction of sp³-hybridized carbons (Fsp3) is 0.292. The Morgan fingerprint density at radius 2 is 1.84 bits per heavy atom. The van der Waals surface area contributed by atoms with E-state index in [2.05, 4.69) is 15.2 Å². The maximum Gasteiger partial charge on any atom is 0.191 e. The Morgan fingerprint density at radius 3 is 2.59 bits per heavy atom. The van der Waals surface area contributed by atoms with Gasteiger partial charge in [-0.25, -0.2) is 0 Å². The van der Waals surface area contributed by atoms with Crippen LogP contribution in [0.15, 0.2) is 46.3 Å². The molecule has 0 atom stereocenters. The molecule has 6 nitrogen and oxygen atoms in total. The Balaban J connectivity index is 1.50. The third-order valence-electron chi connectivity index (χ3n) is 5.42. The maximum absolute atomic E-state index is 12.7. The number of aryl methyl sites for hydroxylation is 3. The highest BCUT2D eigenvalue weighted by Gasteiger charge is 2.14. The number of nitrogens with one attached hydrogen (secondary N) is 1. The van der Waals surface area contributed by atoms with E-state index in [0.717, 1.165) is 56.6 Å². The van der Waals surface area contributed by atoms with Gasteiger partial charge in [0.05, 0.1) is 5.52 Å². The van der Waals surface area contributed by atoms with Crippen LogP contribution in [0.2, 0.25) is 5.02 Å². The van der Waals surface area contributed by atoms with Gasteiger partial charge in [0.25, 0.3) is 0 Å². The second kappa shape index (κ2) is 9.38. The minimum absolute atomic E-state index is 0.0415. The third-order valence-corrected chi connectivity index (χ3v) is 6.86. The van der Waals surface area contributed by atoms with Crippen LogP contribution in [0.5, 0.6) is 5.75 Å². The molecule has 0 aliphatic heterocycles. The van der Waals surface area contributed by atoms with Gasteiger partial charge in [-0.3, -0.25) is 4.79 Å². The highest BCUT2D eigenvalue weighted by molar-refractivity contribution is 7.98. The minimum Gasteiger partial charge on any atom is -0.486 e. The number of halogens is 1. The highest BCUT2D eigenvalue weighted by Crippen LogP contribution is 2.25. The van der Waals surface area contributed by atoms with Crippen molar-refractivity contribution < 1.29 is 4.74 Å². The van der Waals surface area contributed by atoms with E-state index in [9.17, 15) is 4.79 Å². The van der Waals surface area contributed by atoms with Crippen molar-refractivity contribution in [3.05, 3.63) is 79.9 Å². The summed E-state index contributed by atoms with van der Waals surface area (Å²) in [5.74, 6) is 2.08. The topological polar surface area (TPSA) is 72.8 Å². The summed E-state index contributed by atoms with van der Waals surface area (Å²) in [4.78, 5) is 16.1. The van der Waals surface area contributed by atoms with Crippen LogP contribution in [0.1, 0.15) is 35.1 Å². The summed E-state index contributed by atoms with van der Waals surface area (Å²) >= 11 is 7.63. The van der Waals surface area contributed by atoms with Crippen molar-refractivity contribution in [2.75, 3.05) is 0 Å². The van der Waals surface area contributed by atoms with Crippen LogP contribution in [0.25, 0.3) is 10.9 Å². The van der Waals surface area contributed by atoms with E-state index in [1.165, 1.54) is 0 Å². The van der Waals surface area contributed by atoms with E-state index in [-0.39, 0.29) is 5.43 Å². The Labute approximate surface area is 196 Å². The number of H-pyrrole nitrogens is 1. The lowest BCUT2D eigenvalue weighted by Crippen LogP contribution is -2.08. The quantitative estimate of drug-likeness (QED) is 0.358. The average molecular weight is 469 g/mol. The van der Waals surface area contributed by atoms with Crippen LogP contribution in [-0.4, -0.2) is 19.7 Å². The molecular weight excluding hydrogens is 444 g/mol. The molecule has 0 aliphatic carbocycles. The van der Waals surface area contributed by atoms with Crippen molar-refractivity contribution >= 4 is 34.3 Å². The van der Waals surface area contributed by atoms with E-state index < -0.39 is 0 Å². The molecule has 2 heterocycles. The molecule has 0 amide bonds. The zero-order valence-corrected chi connectivity index (χ0v) is 20.1. The van der Waals surface area contributed by atoms with E-state index in [4.69, 9.17) is 16.3 Å². The summed E-state index contributed by atoms with van der Waals surface area (Å²) in [7, 11) is 0. The maximum atomic E-state index is 12.7. The van der Waals surface area contributed by atoms with Crippen molar-refractivity contribution in [2.24, 2.45) is 0 Å². The minimum atomic E-state index is 0.0415. The number of hydrogen-bond acceptors (Lipinski definition) is 5. The lowest BCUT2D eigenvalue weighted by atomic mass is 10.0. The Morgan fingerprint density at radius 1 is 1.06 bits per heavy atom. The highest BCUT2D eigenvalue weighted by atomic mass is 35.5. The molecule has 8 heteroatoms. The summed E-state index contributed by atoms with van der Waals surface area (Å²) in [5, 5.41) is 10.9. The molecule has 32 heavy (non-hydrogen) atoms. The zero-order chi connectivity index (χ0) is 22.8. The molecule has 1 N–H and O–H groups in total. The molecule has 0 bridgehead atoms. The second-order valence-corrected chi connectivity index (χ2v) is 9.09. The Bertz CT molecular complexity index is 1350. The first-order chi connectivity index (χ1) is 15.4. The molecule has 166 valence electrons. The van der Waals surface area contributed by atoms with Crippen molar-refractivity contribution in [1.29, 1.82) is 0 Å². The summed E-state index contributed by atoms with van der Waals surface area (Å²) in [6.45, 7) is 9.00. The number of benzene rings is 2. The van der Waals surface area contributed by atoms with Gasteiger partial charge < -0.3 is 14.3 Å². The Kier molecular flexibility index (Phi) is 6.58. The summed E-state index contributed by atoms with van der Waals surface area (Å²) in [6, 6.07) is 11.3. The fourth-order valence-electron chi connectivity index (χ4n) is 3.64. The second-order valence-electron chi connectivity index (χ2n) is 7.74. The normalized spacial score (nSPS) is 11.3. The zero-order valence-electron chi connectivity index (χ0n) is 18.5. The number of nitrogens with zero attached hydrogens (tertiary/aromatic N) is 3. The first-order valence-corrected chi connectivity index (χ1v) is 11.8. The first kappa shape index (κ1) is 22.4. The summed E-state index contributed by atoms with van der Waals surface area (Å²) in [5.41, 5.74) is 4.81. The monoisotopic (exact) mass is 468 g/mol. The molecule has 0 aliphatic rings. The van der Waals surface area contributed by atoms with E-state index >= 15 is 0 Å². The summed E-state index contributed by atoms with van der Waals surface area (Å²) in [6.07, 6.45) is 0. The van der Waals surface area contributed by atoms with Crippen molar-refractivity contribution in [3.8, 4) is 5.75 Å². The molecular formula is C24H25ClN4O2S. The van der Waals surface area contributed by atoms with E-state index in [1.807, 2.05) is 62.6 Å². The summed E-state index contributed by atoms with van der Waals surface area (Å²) < 4.78 is 7.93.